The zero-order valence-electron chi connectivity index (χ0n) is 11.9. The van der Waals surface area contributed by atoms with Crippen LogP contribution in [-0.4, -0.2) is 11.9 Å². The lowest BCUT2D eigenvalue weighted by molar-refractivity contribution is 0.210. The normalized spacial score (nSPS) is 16.4. The maximum Gasteiger partial charge on any atom is 0.170 e. The fraction of sp³-hybridized carbons (Fsp3) is 0.176. The zero-order valence-corrected chi connectivity index (χ0v) is 12.7. The van der Waals surface area contributed by atoms with E-state index in [1.807, 2.05) is 30.3 Å². The number of hydrogen-bond acceptors (Lipinski definition) is 3. The Labute approximate surface area is 131 Å². The molecule has 1 aliphatic heterocycles. The number of hydrogen-bond donors (Lipinski definition) is 1. The van der Waals surface area contributed by atoms with Gasteiger partial charge >= 0.3 is 0 Å². The van der Waals surface area contributed by atoms with Crippen molar-refractivity contribution in [2.24, 2.45) is 0 Å². The van der Waals surface area contributed by atoms with E-state index in [9.17, 15) is 0 Å². The third kappa shape index (κ3) is 2.07. The first-order chi connectivity index (χ1) is 10.7. The molecule has 1 N–H and O–H groups in total. The second kappa shape index (κ2) is 5.14. The van der Waals surface area contributed by atoms with Gasteiger partial charge in [0.2, 0.25) is 0 Å². The van der Waals surface area contributed by atoms with E-state index >= 15 is 0 Å². The summed E-state index contributed by atoms with van der Waals surface area (Å²) in [6.45, 7) is 2.83. The number of H-pyrrole nitrogens is 1. The number of aromatic amines is 1. The standard InChI is InChI=1S/C17H14ClNO3/c1-10-8-20-16-7-17-13(6-12(10)16)14(9-21-19-22-17)11-4-2-3-5-15(11)18/h2-7,9-10,19H,8H2,1H3. The quantitative estimate of drug-likeness (QED) is 0.663. The largest absolute Gasteiger partial charge is 0.493 e. The lowest BCUT2D eigenvalue weighted by atomic mass is 9.98. The highest BCUT2D eigenvalue weighted by Crippen LogP contribution is 2.40. The first-order valence-electron chi connectivity index (χ1n) is 7.07. The van der Waals surface area contributed by atoms with Crippen LogP contribution in [0.25, 0.3) is 22.1 Å². The third-order valence-electron chi connectivity index (χ3n) is 3.96. The van der Waals surface area contributed by atoms with Crippen LogP contribution in [0.5, 0.6) is 5.75 Å². The maximum atomic E-state index is 6.34. The van der Waals surface area contributed by atoms with Crippen LogP contribution in [0, 0.1) is 0 Å². The van der Waals surface area contributed by atoms with Crippen molar-refractivity contribution in [1.29, 1.82) is 0 Å². The van der Waals surface area contributed by atoms with Crippen LogP contribution in [0.3, 0.4) is 0 Å². The molecular formula is C17H14ClNO3. The highest BCUT2D eigenvalue weighted by Gasteiger charge is 2.22. The molecule has 1 atom stereocenters. The minimum Gasteiger partial charge on any atom is -0.493 e. The molecule has 0 saturated carbocycles. The summed E-state index contributed by atoms with van der Waals surface area (Å²) in [7, 11) is 0. The van der Waals surface area contributed by atoms with Gasteiger partial charge in [0, 0.05) is 39.1 Å². The van der Waals surface area contributed by atoms with Crippen LogP contribution in [0.15, 0.2) is 51.7 Å². The smallest absolute Gasteiger partial charge is 0.170 e. The Morgan fingerprint density at radius 2 is 2.05 bits per heavy atom. The van der Waals surface area contributed by atoms with Crippen molar-refractivity contribution in [2.75, 3.05) is 6.61 Å². The first-order valence-corrected chi connectivity index (χ1v) is 7.45. The Morgan fingerprint density at radius 3 is 2.91 bits per heavy atom. The summed E-state index contributed by atoms with van der Waals surface area (Å²) < 4.78 is 16.4. The molecule has 22 heavy (non-hydrogen) atoms. The number of aromatic nitrogens is 1. The maximum absolute atomic E-state index is 6.34. The van der Waals surface area contributed by atoms with Gasteiger partial charge in [-0.3, -0.25) is 0 Å². The number of nitrogens with one attached hydrogen (secondary N) is 1. The summed E-state index contributed by atoms with van der Waals surface area (Å²) in [5, 5.41) is 4.04. The minimum absolute atomic E-state index is 0.352. The van der Waals surface area contributed by atoms with Gasteiger partial charge in [0.05, 0.1) is 6.61 Å². The zero-order chi connectivity index (χ0) is 15.1. The number of benzene rings is 2. The topological polar surface area (TPSA) is 51.3 Å². The van der Waals surface area contributed by atoms with Crippen molar-refractivity contribution in [3.63, 3.8) is 0 Å². The Bertz CT molecular complexity index is 888. The average molecular weight is 316 g/mol. The van der Waals surface area contributed by atoms with Gasteiger partial charge in [-0.25, -0.2) is 0 Å². The second-order valence-electron chi connectivity index (χ2n) is 5.41. The Kier molecular flexibility index (Phi) is 3.12. The summed E-state index contributed by atoms with van der Waals surface area (Å²) in [4.78, 5) is 0. The average Bonchev–Trinajstić information content (AvgIpc) is 2.76. The van der Waals surface area contributed by atoms with Gasteiger partial charge in [0.15, 0.2) is 5.58 Å². The monoisotopic (exact) mass is 315 g/mol. The lowest BCUT2D eigenvalue weighted by Crippen LogP contribution is -1.93. The molecule has 1 aliphatic rings. The van der Waals surface area contributed by atoms with Gasteiger partial charge in [-0.15, -0.1) is 0 Å². The second-order valence-corrected chi connectivity index (χ2v) is 5.82. The third-order valence-corrected chi connectivity index (χ3v) is 4.29. The molecule has 0 amide bonds. The highest BCUT2D eigenvalue weighted by molar-refractivity contribution is 6.33. The van der Waals surface area contributed by atoms with Gasteiger partial charge < -0.3 is 13.8 Å². The van der Waals surface area contributed by atoms with E-state index in [0.29, 0.717) is 23.1 Å². The number of halogens is 1. The van der Waals surface area contributed by atoms with Gasteiger partial charge in [-0.2, -0.15) is 0 Å². The van der Waals surface area contributed by atoms with E-state index in [4.69, 9.17) is 25.4 Å². The molecule has 0 spiro atoms. The van der Waals surface area contributed by atoms with Crippen LogP contribution < -0.4 is 4.74 Å². The van der Waals surface area contributed by atoms with Crippen molar-refractivity contribution < 1.29 is 13.8 Å². The summed E-state index contributed by atoms with van der Waals surface area (Å²) in [6.07, 6.45) is 1.61. The molecule has 0 aliphatic carbocycles. The van der Waals surface area contributed by atoms with Crippen molar-refractivity contribution in [1.82, 2.24) is 5.33 Å². The molecule has 5 heteroatoms. The van der Waals surface area contributed by atoms with Gasteiger partial charge in [-0.05, 0) is 12.1 Å². The molecular weight excluding hydrogens is 302 g/mol. The molecule has 112 valence electrons. The van der Waals surface area contributed by atoms with Gasteiger partial charge in [0.25, 0.3) is 0 Å². The molecule has 0 saturated heterocycles. The fourth-order valence-corrected chi connectivity index (χ4v) is 3.03. The number of rotatable bonds is 1. The molecule has 1 aromatic heterocycles. The Hall–Kier alpha value is -2.33. The molecule has 1 unspecified atom stereocenters. The predicted molar refractivity (Wildman–Crippen MR) is 84.8 cm³/mol. The van der Waals surface area contributed by atoms with Crippen LogP contribution in [-0.2, 0) is 0 Å². The van der Waals surface area contributed by atoms with Gasteiger partial charge in [-0.1, -0.05) is 42.1 Å². The van der Waals surface area contributed by atoms with Crippen molar-refractivity contribution in [2.45, 2.75) is 12.8 Å². The van der Waals surface area contributed by atoms with E-state index in [1.54, 1.807) is 6.26 Å². The molecule has 0 radical (unpaired) electrons. The SMILES string of the molecule is CC1COc2cc3o[nH]occ(-c4ccccc4Cl)c3cc21. The van der Waals surface area contributed by atoms with E-state index in [0.717, 1.165) is 22.3 Å². The first kappa shape index (κ1) is 13.3. The Balaban J connectivity index is 2.08. The molecule has 0 bridgehead atoms. The number of ether oxygens (including phenoxy) is 1. The van der Waals surface area contributed by atoms with E-state index in [-0.39, 0.29) is 0 Å². The predicted octanol–water partition coefficient (Wildman–Crippen LogP) is 5.29. The summed E-state index contributed by atoms with van der Waals surface area (Å²) in [5.41, 5.74) is 3.58. The van der Waals surface area contributed by atoms with Crippen LogP contribution in [0.4, 0.5) is 0 Å². The number of fused-ring (bicyclic) bond motifs is 2. The molecule has 2 aromatic carbocycles. The molecule has 3 aromatic rings. The van der Waals surface area contributed by atoms with Crippen LogP contribution >= 0.6 is 11.6 Å². The summed E-state index contributed by atoms with van der Waals surface area (Å²) >= 11 is 6.34. The Morgan fingerprint density at radius 1 is 1.18 bits per heavy atom. The van der Waals surface area contributed by atoms with Crippen molar-refractivity contribution >= 4 is 22.6 Å². The summed E-state index contributed by atoms with van der Waals surface area (Å²) in [5.74, 6) is 1.21. The van der Waals surface area contributed by atoms with E-state index in [2.05, 4.69) is 18.3 Å². The molecule has 2 heterocycles. The van der Waals surface area contributed by atoms with Gasteiger partial charge in [0.1, 0.15) is 12.0 Å². The van der Waals surface area contributed by atoms with Crippen LogP contribution in [0.1, 0.15) is 18.4 Å². The van der Waals surface area contributed by atoms with Crippen molar-refractivity contribution in [3.8, 4) is 16.9 Å². The fourth-order valence-electron chi connectivity index (χ4n) is 2.79. The van der Waals surface area contributed by atoms with Crippen LogP contribution in [0.2, 0.25) is 5.02 Å². The molecule has 0 fully saturated rings. The lowest BCUT2D eigenvalue weighted by Gasteiger charge is -2.06. The van der Waals surface area contributed by atoms with E-state index < -0.39 is 0 Å². The summed E-state index contributed by atoms with van der Waals surface area (Å²) in [6, 6.07) is 11.6. The minimum atomic E-state index is 0.352. The highest BCUT2D eigenvalue weighted by atomic mass is 35.5. The van der Waals surface area contributed by atoms with Crippen molar-refractivity contribution in [3.05, 3.63) is 53.2 Å². The molecule has 4 rings (SSSR count). The molecule has 4 nitrogen and oxygen atoms in total. The van der Waals surface area contributed by atoms with E-state index in [1.165, 1.54) is 5.56 Å².